The second-order valence-corrected chi connectivity index (χ2v) is 5.76. The van der Waals surface area contributed by atoms with Crippen molar-refractivity contribution >= 4 is 11.7 Å². The Labute approximate surface area is 121 Å². The van der Waals surface area contributed by atoms with Crippen molar-refractivity contribution in [3.63, 3.8) is 0 Å². The number of aliphatic hydroxyl groups excluding tert-OH is 1. The molecular weight excluding hydrogens is 285 g/mol. The first-order chi connectivity index (χ1) is 9.55. The molecule has 2 N–H and O–H groups in total. The van der Waals surface area contributed by atoms with Crippen molar-refractivity contribution in [1.82, 2.24) is 4.98 Å². The number of alkyl halides is 3. The van der Waals surface area contributed by atoms with Gasteiger partial charge in [0, 0.05) is 18.2 Å². The van der Waals surface area contributed by atoms with Crippen LogP contribution in [0.5, 0.6) is 0 Å². The molecule has 0 saturated heterocycles. The van der Waals surface area contributed by atoms with Crippen molar-refractivity contribution in [2.24, 2.45) is 5.41 Å². The van der Waals surface area contributed by atoms with Crippen molar-refractivity contribution in [2.45, 2.75) is 39.8 Å². The molecule has 0 aromatic carbocycles. The number of halogens is 3. The Morgan fingerprint density at radius 3 is 2.43 bits per heavy atom. The SMILES string of the molecule is CC(C)(C)C(=O)Nc1ncc(C(F)(F)F)cc1CCCO. The van der Waals surface area contributed by atoms with Crippen LogP contribution in [0.3, 0.4) is 0 Å². The molecule has 1 amide bonds. The van der Waals surface area contributed by atoms with Crippen molar-refractivity contribution in [3.05, 3.63) is 23.4 Å². The van der Waals surface area contributed by atoms with Gasteiger partial charge in [-0.25, -0.2) is 4.98 Å². The number of hydrogen-bond acceptors (Lipinski definition) is 3. The van der Waals surface area contributed by atoms with Gasteiger partial charge in [0.2, 0.25) is 5.91 Å². The molecule has 0 saturated carbocycles. The van der Waals surface area contributed by atoms with Gasteiger partial charge in [0.1, 0.15) is 5.82 Å². The van der Waals surface area contributed by atoms with Crippen molar-refractivity contribution in [2.75, 3.05) is 11.9 Å². The van der Waals surface area contributed by atoms with E-state index in [0.717, 1.165) is 6.07 Å². The van der Waals surface area contributed by atoms with Gasteiger partial charge in [0.25, 0.3) is 0 Å². The third-order valence-electron chi connectivity index (χ3n) is 2.81. The average molecular weight is 304 g/mol. The second-order valence-electron chi connectivity index (χ2n) is 5.76. The minimum absolute atomic E-state index is 0.108. The lowest BCUT2D eigenvalue weighted by molar-refractivity contribution is -0.137. The van der Waals surface area contributed by atoms with Crippen LogP contribution >= 0.6 is 0 Å². The Balaban J connectivity index is 3.10. The van der Waals surface area contributed by atoms with Crippen LogP contribution in [0.4, 0.5) is 19.0 Å². The van der Waals surface area contributed by atoms with Crippen LogP contribution in [0, 0.1) is 5.41 Å². The van der Waals surface area contributed by atoms with Crippen LogP contribution in [0.15, 0.2) is 12.3 Å². The summed E-state index contributed by atoms with van der Waals surface area (Å²) in [5.41, 5.74) is -1.29. The molecule has 21 heavy (non-hydrogen) atoms. The lowest BCUT2D eigenvalue weighted by Gasteiger charge is -2.19. The number of pyridine rings is 1. The van der Waals surface area contributed by atoms with Gasteiger partial charge in [0.05, 0.1) is 5.56 Å². The van der Waals surface area contributed by atoms with E-state index in [2.05, 4.69) is 10.3 Å². The van der Waals surface area contributed by atoms with E-state index in [1.165, 1.54) is 0 Å². The van der Waals surface area contributed by atoms with E-state index in [0.29, 0.717) is 12.6 Å². The maximum atomic E-state index is 12.7. The third kappa shape index (κ3) is 5.00. The summed E-state index contributed by atoms with van der Waals surface area (Å²) in [5, 5.41) is 11.4. The fourth-order valence-corrected chi connectivity index (χ4v) is 1.53. The van der Waals surface area contributed by atoms with Gasteiger partial charge in [0.15, 0.2) is 0 Å². The van der Waals surface area contributed by atoms with Crippen LogP contribution in [0.1, 0.15) is 38.3 Å². The van der Waals surface area contributed by atoms with Crippen LogP contribution < -0.4 is 5.32 Å². The molecule has 1 rings (SSSR count). The lowest BCUT2D eigenvalue weighted by Crippen LogP contribution is -2.28. The fraction of sp³-hybridized carbons (Fsp3) is 0.571. The molecule has 0 unspecified atom stereocenters. The first kappa shape index (κ1) is 17.4. The molecular formula is C14H19F3N2O2. The number of aromatic nitrogens is 1. The van der Waals surface area contributed by atoms with Crippen molar-refractivity contribution in [1.29, 1.82) is 0 Å². The summed E-state index contributed by atoms with van der Waals surface area (Å²) in [6.45, 7) is 4.93. The van der Waals surface area contributed by atoms with E-state index >= 15 is 0 Å². The molecule has 4 nitrogen and oxygen atoms in total. The minimum atomic E-state index is -4.49. The maximum absolute atomic E-state index is 12.7. The zero-order valence-electron chi connectivity index (χ0n) is 12.2. The van der Waals surface area contributed by atoms with Gasteiger partial charge in [-0.3, -0.25) is 4.79 Å². The molecule has 0 radical (unpaired) electrons. The number of carbonyl (C=O) groups is 1. The maximum Gasteiger partial charge on any atom is 0.417 e. The molecule has 0 aliphatic rings. The number of nitrogens with one attached hydrogen (secondary N) is 1. The van der Waals surface area contributed by atoms with E-state index < -0.39 is 17.2 Å². The fourth-order valence-electron chi connectivity index (χ4n) is 1.53. The summed E-state index contributed by atoms with van der Waals surface area (Å²) >= 11 is 0. The minimum Gasteiger partial charge on any atom is -0.396 e. The number of amides is 1. The van der Waals surface area contributed by atoms with Gasteiger partial charge < -0.3 is 10.4 Å². The molecule has 0 aliphatic heterocycles. The zero-order chi connectivity index (χ0) is 16.3. The van der Waals surface area contributed by atoms with Crippen LogP contribution in [0.25, 0.3) is 0 Å². The summed E-state index contributed by atoms with van der Waals surface area (Å²) in [6.07, 6.45) is -3.30. The summed E-state index contributed by atoms with van der Waals surface area (Å²) in [5.74, 6) is -0.226. The highest BCUT2D eigenvalue weighted by Crippen LogP contribution is 2.31. The van der Waals surface area contributed by atoms with Crippen LogP contribution in [-0.4, -0.2) is 22.6 Å². The molecule has 7 heteroatoms. The summed E-state index contributed by atoms with van der Waals surface area (Å²) in [6, 6.07) is 0.959. The first-order valence-electron chi connectivity index (χ1n) is 6.54. The monoisotopic (exact) mass is 304 g/mol. The van der Waals surface area contributed by atoms with E-state index in [9.17, 15) is 18.0 Å². The molecule has 0 bridgehead atoms. The van der Waals surface area contributed by atoms with E-state index in [1.807, 2.05) is 0 Å². The second kappa shape index (κ2) is 6.43. The van der Waals surface area contributed by atoms with Crippen LogP contribution in [0.2, 0.25) is 0 Å². The number of aryl methyl sites for hydroxylation is 1. The molecule has 0 aliphatic carbocycles. The number of hydrogen-bond donors (Lipinski definition) is 2. The number of nitrogens with zero attached hydrogens (tertiary/aromatic N) is 1. The molecule has 0 atom stereocenters. The van der Waals surface area contributed by atoms with Gasteiger partial charge >= 0.3 is 6.18 Å². The highest BCUT2D eigenvalue weighted by molar-refractivity contribution is 5.94. The van der Waals surface area contributed by atoms with Crippen molar-refractivity contribution in [3.8, 4) is 0 Å². The molecule has 1 aromatic heterocycles. The van der Waals surface area contributed by atoms with Gasteiger partial charge in [-0.2, -0.15) is 13.2 Å². The Morgan fingerprint density at radius 1 is 1.33 bits per heavy atom. The largest absolute Gasteiger partial charge is 0.417 e. The van der Waals surface area contributed by atoms with Gasteiger partial charge in [-0.05, 0) is 24.5 Å². The van der Waals surface area contributed by atoms with E-state index in [-0.39, 0.29) is 30.3 Å². The van der Waals surface area contributed by atoms with Gasteiger partial charge in [-0.15, -0.1) is 0 Å². The standard InChI is InChI=1S/C14H19F3N2O2/c1-13(2,3)12(21)19-11-9(5-4-6-20)7-10(8-18-11)14(15,16)17/h7-8,20H,4-6H2,1-3H3,(H,18,19,21). The first-order valence-corrected chi connectivity index (χ1v) is 6.54. The molecule has 0 spiro atoms. The molecule has 1 heterocycles. The van der Waals surface area contributed by atoms with Crippen molar-refractivity contribution < 1.29 is 23.1 Å². The number of anilines is 1. The van der Waals surface area contributed by atoms with Crippen LogP contribution in [-0.2, 0) is 17.4 Å². The topological polar surface area (TPSA) is 62.2 Å². The highest BCUT2D eigenvalue weighted by Gasteiger charge is 2.32. The lowest BCUT2D eigenvalue weighted by atomic mass is 9.95. The Bertz CT molecular complexity index is 508. The Kier molecular flexibility index (Phi) is 5.33. The molecule has 0 fully saturated rings. The summed E-state index contributed by atoms with van der Waals surface area (Å²) in [7, 11) is 0. The highest BCUT2D eigenvalue weighted by atomic mass is 19.4. The zero-order valence-corrected chi connectivity index (χ0v) is 12.2. The normalized spacial score (nSPS) is 12.3. The summed E-state index contributed by atoms with van der Waals surface area (Å²) in [4.78, 5) is 15.6. The number of rotatable bonds is 4. The third-order valence-corrected chi connectivity index (χ3v) is 2.81. The Hall–Kier alpha value is -1.63. The predicted molar refractivity (Wildman–Crippen MR) is 72.7 cm³/mol. The molecule has 1 aromatic rings. The average Bonchev–Trinajstić information content (AvgIpc) is 2.35. The smallest absolute Gasteiger partial charge is 0.396 e. The molecule has 118 valence electrons. The summed E-state index contributed by atoms with van der Waals surface area (Å²) < 4.78 is 38.1. The van der Waals surface area contributed by atoms with Gasteiger partial charge in [-0.1, -0.05) is 20.8 Å². The number of aliphatic hydroxyl groups is 1. The van der Waals surface area contributed by atoms with E-state index in [1.54, 1.807) is 20.8 Å². The number of carbonyl (C=O) groups excluding carboxylic acids is 1. The van der Waals surface area contributed by atoms with E-state index in [4.69, 9.17) is 5.11 Å². The predicted octanol–water partition coefficient (Wildman–Crippen LogP) is 3.01. The quantitative estimate of drug-likeness (QED) is 0.899. The Morgan fingerprint density at radius 2 is 1.95 bits per heavy atom.